The Balaban J connectivity index is 1.61. The Labute approximate surface area is 139 Å². The van der Waals surface area contributed by atoms with Crippen molar-refractivity contribution in [2.45, 2.75) is 25.0 Å². The number of aromatic nitrogens is 1. The van der Waals surface area contributed by atoms with Crippen LogP contribution < -0.4 is 5.32 Å². The van der Waals surface area contributed by atoms with Gasteiger partial charge in [-0.1, -0.05) is 24.3 Å². The van der Waals surface area contributed by atoms with Crippen LogP contribution in [0.15, 0.2) is 59.3 Å². The minimum Gasteiger partial charge on any atom is -0.463 e. The van der Waals surface area contributed by atoms with Crippen molar-refractivity contribution < 1.29 is 14.3 Å². The van der Waals surface area contributed by atoms with Gasteiger partial charge in [0.15, 0.2) is 0 Å². The minimum atomic E-state index is -0.284. The highest BCUT2D eigenvalue weighted by atomic mass is 16.3. The van der Waals surface area contributed by atoms with Gasteiger partial charge in [-0.05, 0) is 37.0 Å². The van der Waals surface area contributed by atoms with Crippen LogP contribution in [0.3, 0.4) is 0 Å². The van der Waals surface area contributed by atoms with E-state index in [9.17, 15) is 9.90 Å². The van der Waals surface area contributed by atoms with Crippen LogP contribution in [-0.2, 0) is 0 Å². The molecule has 122 valence electrons. The molecule has 0 aliphatic heterocycles. The molecule has 0 unspecified atom stereocenters. The van der Waals surface area contributed by atoms with Crippen LogP contribution in [0.4, 0.5) is 0 Å². The molecule has 1 aliphatic rings. The number of aliphatic hydroxyl groups excluding tert-OH is 1. The summed E-state index contributed by atoms with van der Waals surface area (Å²) >= 11 is 0. The lowest BCUT2D eigenvalue weighted by Gasteiger charge is -2.37. The van der Waals surface area contributed by atoms with Crippen LogP contribution in [-0.4, -0.2) is 22.1 Å². The number of pyridine rings is 1. The molecular formula is C19H18N2O3. The molecule has 1 amide bonds. The molecule has 0 radical (unpaired) electrons. The van der Waals surface area contributed by atoms with E-state index in [1.54, 1.807) is 6.20 Å². The summed E-state index contributed by atoms with van der Waals surface area (Å²) in [5, 5.41) is 13.5. The molecular weight excluding hydrogens is 304 g/mol. The van der Waals surface area contributed by atoms with Gasteiger partial charge in [0, 0.05) is 11.6 Å². The van der Waals surface area contributed by atoms with Crippen LogP contribution in [0, 0.1) is 5.92 Å². The summed E-state index contributed by atoms with van der Waals surface area (Å²) in [5.41, 5.74) is 2.03. The van der Waals surface area contributed by atoms with Crippen LogP contribution in [0.25, 0.3) is 11.0 Å². The van der Waals surface area contributed by atoms with Crippen molar-refractivity contribution in [1.82, 2.24) is 10.3 Å². The standard InChI is InChI=1S/C19H18N2O3/c22-13-9-12(10-13)18(16-6-3-4-8-20-16)21-19(23)15-11-24-17-7-2-1-5-14(15)17/h1-8,11-13,18,22H,9-10H2,(H,21,23)/t12?,13?,18-/m1/s1. The number of benzene rings is 1. The van der Waals surface area contributed by atoms with Crippen molar-refractivity contribution in [3.8, 4) is 0 Å². The number of amides is 1. The minimum absolute atomic E-state index is 0.183. The van der Waals surface area contributed by atoms with Gasteiger partial charge in [0.05, 0.1) is 23.4 Å². The van der Waals surface area contributed by atoms with E-state index in [2.05, 4.69) is 10.3 Å². The zero-order chi connectivity index (χ0) is 16.5. The second-order valence-electron chi connectivity index (χ2n) is 6.24. The van der Waals surface area contributed by atoms with E-state index in [0.717, 1.165) is 11.1 Å². The molecule has 1 aromatic carbocycles. The lowest BCUT2D eigenvalue weighted by molar-refractivity contribution is 0.0228. The quantitative estimate of drug-likeness (QED) is 0.774. The topological polar surface area (TPSA) is 75.4 Å². The van der Waals surface area contributed by atoms with E-state index >= 15 is 0 Å². The van der Waals surface area contributed by atoms with Crippen molar-refractivity contribution in [1.29, 1.82) is 0 Å². The maximum Gasteiger partial charge on any atom is 0.255 e. The number of furan rings is 1. The molecule has 1 atom stereocenters. The first-order chi connectivity index (χ1) is 11.7. The van der Waals surface area contributed by atoms with Gasteiger partial charge < -0.3 is 14.8 Å². The highest BCUT2D eigenvalue weighted by Gasteiger charge is 2.36. The van der Waals surface area contributed by atoms with Crippen molar-refractivity contribution in [2.75, 3.05) is 0 Å². The fourth-order valence-electron chi connectivity index (χ4n) is 3.27. The number of hydrogen-bond donors (Lipinski definition) is 2. The molecule has 1 aliphatic carbocycles. The van der Waals surface area contributed by atoms with E-state index in [1.165, 1.54) is 6.26 Å². The molecule has 1 fully saturated rings. The van der Waals surface area contributed by atoms with E-state index in [0.29, 0.717) is 24.0 Å². The Kier molecular flexibility index (Phi) is 3.78. The van der Waals surface area contributed by atoms with Gasteiger partial charge in [0.1, 0.15) is 11.8 Å². The molecule has 0 saturated heterocycles. The number of nitrogens with one attached hydrogen (secondary N) is 1. The van der Waals surface area contributed by atoms with Crippen molar-refractivity contribution in [3.05, 3.63) is 66.2 Å². The highest BCUT2D eigenvalue weighted by molar-refractivity contribution is 6.06. The smallest absolute Gasteiger partial charge is 0.255 e. The summed E-state index contributed by atoms with van der Waals surface area (Å²) in [6.45, 7) is 0. The highest BCUT2D eigenvalue weighted by Crippen LogP contribution is 2.37. The number of fused-ring (bicyclic) bond motifs is 1. The first kappa shape index (κ1) is 14.9. The van der Waals surface area contributed by atoms with Gasteiger partial charge in [-0.25, -0.2) is 0 Å². The molecule has 0 spiro atoms. The van der Waals surface area contributed by atoms with Gasteiger partial charge in [-0.2, -0.15) is 0 Å². The Morgan fingerprint density at radius 2 is 2.00 bits per heavy atom. The number of carbonyl (C=O) groups is 1. The second kappa shape index (κ2) is 6.09. The fourth-order valence-corrected chi connectivity index (χ4v) is 3.27. The molecule has 2 aromatic heterocycles. The molecule has 1 saturated carbocycles. The van der Waals surface area contributed by atoms with Gasteiger partial charge in [0.2, 0.25) is 0 Å². The van der Waals surface area contributed by atoms with Crippen LogP contribution in [0.5, 0.6) is 0 Å². The summed E-state index contributed by atoms with van der Waals surface area (Å²) < 4.78 is 5.46. The zero-order valence-electron chi connectivity index (χ0n) is 13.1. The lowest BCUT2D eigenvalue weighted by atomic mass is 9.76. The van der Waals surface area contributed by atoms with Crippen molar-refractivity contribution >= 4 is 16.9 Å². The summed E-state index contributed by atoms with van der Waals surface area (Å²) in [7, 11) is 0. The van der Waals surface area contributed by atoms with E-state index in [4.69, 9.17) is 4.42 Å². The molecule has 0 bridgehead atoms. The van der Waals surface area contributed by atoms with Gasteiger partial charge >= 0.3 is 0 Å². The first-order valence-corrected chi connectivity index (χ1v) is 8.08. The average Bonchev–Trinajstić information content (AvgIpc) is 3.02. The molecule has 24 heavy (non-hydrogen) atoms. The molecule has 3 aromatic rings. The zero-order valence-corrected chi connectivity index (χ0v) is 13.1. The maximum absolute atomic E-state index is 12.8. The van der Waals surface area contributed by atoms with Gasteiger partial charge in [0.25, 0.3) is 5.91 Å². The molecule has 2 N–H and O–H groups in total. The summed E-state index contributed by atoms with van der Waals surface area (Å²) in [6.07, 6.45) is 4.27. The number of aliphatic hydroxyl groups is 1. The number of rotatable bonds is 4. The van der Waals surface area contributed by atoms with Gasteiger partial charge in [-0.3, -0.25) is 9.78 Å². The summed E-state index contributed by atoms with van der Waals surface area (Å²) in [5.74, 6) is 0.00834. The van der Waals surface area contributed by atoms with Crippen LogP contribution in [0.2, 0.25) is 0 Å². The van der Waals surface area contributed by atoms with Crippen molar-refractivity contribution in [2.24, 2.45) is 5.92 Å². The van der Waals surface area contributed by atoms with E-state index in [1.807, 2.05) is 42.5 Å². The van der Waals surface area contributed by atoms with Gasteiger partial charge in [-0.15, -0.1) is 0 Å². The Hall–Kier alpha value is -2.66. The monoisotopic (exact) mass is 322 g/mol. The van der Waals surface area contributed by atoms with Crippen LogP contribution >= 0.6 is 0 Å². The Bertz CT molecular complexity index is 853. The number of carbonyl (C=O) groups excluding carboxylic acids is 1. The second-order valence-corrected chi connectivity index (χ2v) is 6.24. The Morgan fingerprint density at radius 1 is 1.21 bits per heavy atom. The molecule has 5 nitrogen and oxygen atoms in total. The predicted molar refractivity (Wildman–Crippen MR) is 89.4 cm³/mol. The van der Waals surface area contributed by atoms with Crippen molar-refractivity contribution in [3.63, 3.8) is 0 Å². The number of para-hydroxylation sites is 1. The maximum atomic E-state index is 12.8. The first-order valence-electron chi connectivity index (χ1n) is 8.08. The van der Waals surface area contributed by atoms with E-state index < -0.39 is 0 Å². The Morgan fingerprint density at radius 3 is 2.75 bits per heavy atom. The summed E-state index contributed by atoms with van der Waals surface area (Å²) in [6, 6.07) is 12.9. The van der Waals surface area contributed by atoms with Crippen LogP contribution in [0.1, 0.15) is 34.9 Å². The third kappa shape index (κ3) is 2.67. The molecule has 4 rings (SSSR count). The predicted octanol–water partition coefficient (Wildman–Crippen LogP) is 3.07. The SMILES string of the molecule is O=C(N[C@@H](c1ccccn1)C1CC(O)C1)c1coc2ccccc12. The third-order valence-electron chi connectivity index (χ3n) is 4.64. The third-order valence-corrected chi connectivity index (χ3v) is 4.64. The average molecular weight is 322 g/mol. The molecule has 2 heterocycles. The van der Waals surface area contributed by atoms with E-state index in [-0.39, 0.29) is 24.0 Å². The largest absolute Gasteiger partial charge is 0.463 e. The normalized spacial score (nSPS) is 21.2. The number of nitrogens with zero attached hydrogens (tertiary/aromatic N) is 1. The number of hydrogen-bond acceptors (Lipinski definition) is 4. The lowest BCUT2D eigenvalue weighted by Crippen LogP contribution is -2.41. The fraction of sp³-hybridized carbons (Fsp3) is 0.263. The molecule has 5 heteroatoms. The summed E-state index contributed by atoms with van der Waals surface area (Å²) in [4.78, 5) is 17.2.